The van der Waals surface area contributed by atoms with E-state index in [1.54, 1.807) is 60.8 Å². The van der Waals surface area contributed by atoms with Crippen LogP contribution in [0.4, 0.5) is 11.6 Å². The first-order valence-corrected chi connectivity index (χ1v) is 29.8. The van der Waals surface area contributed by atoms with E-state index in [2.05, 4.69) is 116 Å². The molecule has 3 saturated heterocycles. The zero-order valence-electron chi connectivity index (χ0n) is 53.3. The van der Waals surface area contributed by atoms with E-state index >= 15 is 0 Å². The van der Waals surface area contributed by atoms with Crippen LogP contribution in [-0.2, 0) is 14.0 Å². The fraction of sp³-hybridized carbons (Fsp3) is 0.385. The molecule has 0 bridgehead atoms. The Morgan fingerprint density at radius 1 is 0.580 bits per heavy atom. The maximum absolute atomic E-state index is 10.7. The lowest BCUT2D eigenvalue weighted by molar-refractivity contribution is 0.106. The van der Waals surface area contributed by atoms with Gasteiger partial charge < -0.3 is 39.9 Å². The summed E-state index contributed by atoms with van der Waals surface area (Å²) in [5.41, 5.74) is 8.08. The predicted octanol–water partition coefficient (Wildman–Crippen LogP) is 10.1. The van der Waals surface area contributed by atoms with Gasteiger partial charge in [0.2, 0.25) is 5.88 Å². The molecule has 4 aliphatic rings. The molecule has 12 heterocycles. The Labute approximate surface area is 514 Å². The normalized spacial score (nSPS) is 21.1. The SMILES string of the molecule is COc1cc(-c2cnc(-c3ccc(N4C[C@H](C)C[C@H](C)C4)nn3)c(O)c2)cc2cn(C)nc12.C[C@@H]1C[C@H](C)CN(c2ccc(-c3ncc(-c4cn[nH]c4)cc3O)nn2)C1.[2H]C([2H])([2H])n1cc(-c2cnc(-c3ccc(O[C@@H]4C[C@@H](C)NC5(CC5)C4)nn3)c(O)c2)cn1. The van der Waals surface area contributed by atoms with Crippen LogP contribution in [0.25, 0.3) is 78.4 Å². The van der Waals surface area contributed by atoms with Crippen molar-refractivity contribution in [3.63, 3.8) is 0 Å². The van der Waals surface area contributed by atoms with Crippen LogP contribution >= 0.6 is 0 Å². The molecule has 6 atom stereocenters. The molecule has 1 aromatic carbocycles. The van der Waals surface area contributed by atoms with Crippen molar-refractivity contribution >= 4 is 22.5 Å². The molecule has 23 nitrogen and oxygen atoms in total. The third-order valence-electron chi connectivity index (χ3n) is 16.6. The molecule has 88 heavy (non-hydrogen) atoms. The van der Waals surface area contributed by atoms with Crippen molar-refractivity contribution in [1.29, 1.82) is 0 Å². The average molecular weight is 1190 g/mol. The first-order chi connectivity index (χ1) is 43.7. The summed E-state index contributed by atoms with van der Waals surface area (Å²) in [6.45, 7) is 12.9. The highest BCUT2D eigenvalue weighted by Gasteiger charge is 2.48. The Kier molecular flexibility index (Phi) is 15.6. The quantitative estimate of drug-likeness (QED) is 0.0805. The number of benzene rings is 1. The fourth-order valence-electron chi connectivity index (χ4n) is 12.6. The van der Waals surface area contributed by atoms with Crippen molar-refractivity contribution in [3.05, 3.63) is 116 Å². The molecule has 1 spiro atoms. The average Bonchev–Trinajstić information content (AvgIpc) is 1.74. The highest BCUT2D eigenvalue weighted by Crippen LogP contribution is 2.44. The molecule has 1 aliphatic carbocycles. The summed E-state index contributed by atoms with van der Waals surface area (Å²) in [6.07, 6.45) is 20.0. The van der Waals surface area contributed by atoms with Gasteiger partial charge in [-0.2, -0.15) is 15.3 Å². The van der Waals surface area contributed by atoms with Gasteiger partial charge in [0.1, 0.15) is 68.8 Å². The minimum Gasteiger partial charge on any atom is -0.506 e. The Balaban J connectivity index is 0.000000133. The number of H-pyrrole nitrogens is 1. The van der Waals surface area contributed by atoms with E-state index in [0.717, 1.165) is 88.5 Å². The number of ether oxygens (including phenoxy) is 2. The monoisotopic (exact) mass is 1190 g/mol. The molecular formula is C65H74N18O5. The summed E-state index contributed by atoms with van der Waals surface area (Å²) in [7, 11) is 3.50. The lowest BCUT2D eigenvalue weighted by atomic mass is 9.92. The van der Waals surface area contributed by atoms with E-state index in [-0.39, 0.29) is 34.6 Å². The molecule has 0 amide bonds. The van der Waals surface area contributed by atoms with Crippen LogP contribution in [-0.4, -0.2) is 142 Å². The molecule has 23 heteroatoms. The van der Waals surface area contributed by atoms with E-state index in [0.29, 0.717) is 80.9 Å². The summed E-state index contributed by atoms with van der Waals surface area (Å²) in [5, 5.41) is 77.0. The third kappa shape index (κ3) is 13.3. The Hall–Kier alpha value is -9.64. The minimum atomic E-state index is -2.36. The van der Waals surface area contributed by atoms with Crippen LogP contribution in [0.1, 0.15) is 77.3 Å². The number of aryl methyl sites for hydroxylation is 2. The summed E-state index contributed by atoms with van der Waals surface area (Å²) in [5.74, 6) is 5.50. The van der Waals surface area contributed by atoms with Crippen LogP contribution in [0.5, 0.6) is 28.9 Å². The number of piperidine rings is 3. The largest absolute Gasteiger partial charge is 0.506 e. The maximum atomic E-state index is 10.7. The van der Waals surface area contributed by atoms with Crippen molar-refractivity contribution in [2.75, 3.05) is 43.1 Å². The number of fused-ring (bicyclic) bond motifs is 1. The van der Waals surface area contributed by atoms with Crippen molar-refractivity contribution in [3.8, 4) is 96.4 Å². The molecule has 0 radical (unpaired) electrons. The summed E-state index contributed by atoms with van der Waals surface area (Å²) < 4.78 is 36.5. The first-order valence-electron chi connectivity index (χ1n) is 31.3. The molecule has 9 aromatic heterocycles. The number of pyridine rings is 3. The van der Waals surface area contributed by atoms with Gasteiger partial charge in [0, 0.05) is 139 Å². The van der Waals surface area contributed by atoms with Crippen LogP contribution in [0.3, 0.4) is 0 Å². The van der Waals surface area contributed by atoms with Gasteiger partial charge in [0.15, 0.2) is 11.6 Å². The highest BCUT2D eigenvalue weighted by molar-refractivity contribution is 5.90. The van der Waals surface area contributed by atoms with Gasteiger partial charge in [-0.1, -0.05) is 27.7 Å². The van der Waals surface area contributed by atoms with E-state index in [9.17, 15) is 15.3 Å². The topological polar surface area (TPSA) is 278 Å². The highest BCUT2D eigenvalue weighted by atomic mass is 16.5. The van der Waals surface area contributed by atoms with E-state index in [1.807, 2.05) is 49.6 Å². The molecule has 14 rings (SSSR count). The van der Waals surface area contributed by atoms with Gasteiger partial charge in [0.25, 0.3) is 0 Å². The smallest absolute Gasteiger partial charge is 0.233 e. The number of hydrogen-bond donors (Lipinski definition) is 5. The maximum Gasteiger partial charge on any atom is 0.233 e. The number of aromatic nitrogens is 15. The summed E-state index contributed by atoms with van der Waals surface area (Å²) in [4.78, 5) is 17.7. The molecule has 0 unspecified atom stereocenters. The number of aromatic hydroxyl groups is 3. The van der Waals surface area contributed by atoms with Crippen molar-refractivity contribution < 1.29 is 28.9 Å². The Morgan fingerprint density at radius 3 is 1.59 bits per heavy atom. The van der Waals surface area contributed by atoms with Gasteiger partial charge in [-0.3, -0.25) is 14.5 Å². The predicted molar refractivity (Wildman–Crippen MR) is 335 cm³/mol. The zero-order valence-corrected chi connectivity index (χ0v) is 50.3. The van der Waals surface area contributed by atoms with E-state index in [1.165, 1.54) is 50.3 Å². The van der Waals surface area contributed by atoms with Gasteiger partial charge >= 0.3 is 0 Å². The van der Waals surface area contributed by atoms with Crippen LogP contribution < -0.4 is 24.6 Å². The second kappa shape index (κ2) is 25.0. The number of nitrogens with one attached hydrogen (secondary N) is 2. The molecule has 3 aliphatic heterocycles. The van der Waals surface area contributed by atoms with Gasteiger partial charge in [0.05, 0.1) is 19.5 Å². The van der Waals surface area contributed by atoms with Crippen LogP contribution in [0, 0.1) is 23.7 Å². The van der Waals surface area contributed by atoms with Crippen LogP contribution in [0.15, 0.2) is 116 Å². The molecule has 454 valence electrons. The third-order valence-corrected chi connectivity index (χ3v) is 16.6. The van der Waals surface area contributed by atoms with Gasteiger partial charge in [-0.25, -0.2) is 15.0 Å². The fourth-order valence-corrected chi connectivity index (χ4v) is 12.6. The minimum absolute atomic E-state index is 0.0556. The molecule has 4 fully saturated rings. The summed E-state index contributed by atoms with van der Waals surface area (Å²) in [6, 6.07) is 20.3. The number of methoxy groups -OCH3 is 1. The zero-order chi connectivity index (χ0) is 63.7. The standard InChI is InChI=1S/C25H28N6O2.C21H24N6O2.C19H22N6O/c1-15-7-16(2)13-31(12-15)23-6-5-20(27-28-23)25-21(32)9-18(11-26-25)17-8-19-14-30(3)29-24(19)22(10-17)33-4;1-13-7-16(9-21(24-13)5-6-21)29-19-4-3-17(25-26-19)20-18(28)8-14(10-22-20)15-11-23-27(2)12-15;1-12-5-13(2)11-25(10-12)18-4-3-16(23-24-18)19-17(26)6-14(7-20-19)15-8-21-22-9-15/h5-6,8-11,14-16,32H,7,12-13H2,1-4H3;3-4,8,10-13,16,24,28H,5-7,9H2,1-2H3;3-4,6-9,12-13,26H,5,10-11H2,1-2H3,(H,21,22)/t15-,16+;13-,16-;12-,13+/m.1./s1/i;2D3;. The van der Waals surface area contributed by atoms with Gasteiger partial charge in [-0.05, 0) is 129 Å². The van der Waals surface area contributed by atoms with E-state index in [4.69, 9.17) is 13.6 Å². The second-order valence-electron chi connectivity index (χ2n) is 24.4. The number of rotatable bonds is 11. The molecule has 10 aromatic rings. The number of nitrogens with zero attached hydrogens (tertiary/aromatic N) is 16. The molecule has 5 N–H and O–H groups in total. The number of aromatic amines is 1. The lowest BCUT2D eigenvalue weighted by Gasteiger charge is -2.35. The summed E-state index contributed by atoms with van der Waals surface area (Å²) >= 11 is 0. The van der Waals surface area contributed by atoms with Gasteiger partial charge in [-0.15, -0.1) is 30.6 Å². The first kappa shape index (κ1) is 55.0. The van der Waals surface area contributed by atoms with Crippen molar-refractivity contribution in [2.45, 2.75) is 90.8 Å². The molecule has 1 saturated carbocycles. The lowest BCUT2D eigenvalue weighted by Crippen LogP contribution is -2.49. The molecular weight excluding hydrogens is 1110 g/mol. The van der Waals surface area contributed by atoms with Crippen molar-refractivity contribution in [1.82, 2.24) is 80.6 Å². The van der Waals surface area contributed by atoms with Crippen LogP contribution in [0.2, 0.25) is 0 Å². The number of anilines is 2. The number of hydrogen-bond acceptors (Lipinski definition) is 20. The van der Waals surface area contributed by atoms with E-state index < -0.39 is 6.98 Å². The van der Waals surface area contributed by atoms with Crippen molar-refractivity contribution in [2.24, 2.45) is 37.7 Å². The second-order valence-corrected chi connectivity index (χ2v) is 24.4. The Bertz CT molecular complexity index is 4130. The Morgan fingerprint density at radius 2 is 1.12 bits per heavy atom.